The van der Waals surface area contributed by atoms with Crippen LogP contribution < -0.4 is 0 Å². The first-order valence-electron chi connectivity index (χ1n) is 7.04. The van der Waals surface area contributed by atoms with E-state index in [2.05, 4.69) is 4.99 Å². The van der Waals surface area contributed by atoms with E-state index >= 15 is 0 Å². The standard InChI is InChI=1S/C16H21FN2O2/c1-16(2,3)21-15(20)19-10-13(17)14(11-19)18-9-12-7-5-4-6-8-12/h4-8,13H,9-11H2,1-3H3. The maximum atomic E-state index is 14.0. The summed E-state index contributed by atoms with van der Waals surface area (Å²) in [5.74, 6) is 0. The minimum Gasteiger partial charge on any atom is -0.444 e. The van der Waals surface area contributed by atoms with Crippen molar-refractivity contribution < 1.29 is 13.9 Å². The van der Waals surface area contributed by atoms with Gasteiger partial charge in [0.25, 0.3) is 0 Å². The lowest BCUT2D eigenvalue weighted by Crippen LogP contribution is -2.35. The molecular weight excluding hydrogens is 271 g/mol. The van der Waals surface area contributed by atoms with Crippen molar-refractivity contribution in [2.45, 2.75) is 39.1 Å². The first-order valence-corrected chi connectivity index (χ1v) is 7.04. The van der Waals surface area contributed by atoms with E-state index < -0.39 is 17.9 Å². The Hall–Kier alpha value is -1.91. The number of benzene rings is 1. The SMILES string of the molecule is CC(C)(C)OC(=O)N1CC(=NCc2ccccc2)C(F)C1. The van der Waals surface area contributed by atoms with Crippen LogP contribution in [-0.2, 0) is 11.3 Å². The van der Waals surface area contributed by atoms with Crippen molar-refractivity contribution in [3.63, 3.8) is 0 Å². The maximum absolute atomic E-state index is 14.0. The fourth-order valence-corrected chi connectivity index (χ4v) is 2.05. The summed E-state index contributed by atoms with van der Waals surface area (Å²) in [7, 11) is 0. The number of carbonyl (C=O) groups is 1. The molecule has 0 aliphatic carbocycles. The van der Waals surface area contributed by atoms with Gasteiger partial charge < -0.3 is 4.74 Å². The molecule has 1 aliphatic rings. The van der Waals surface area contributed by atoms with Crippen molar-refractivity contribution in [3.05, 3.63) is 35.9 Å². The van der Waals surface area contributed by atoms with Crippen molar-refractivity contribution in [1.82, 2.24) is 4.90 Å². The summed E-state index contributed by atoms with van der Waals surface area (Å²) in [5, 5.41) is 0. The lowest BCUT2D eigenvalue weighted by molar-refractivity contribution is 0.0287. The Morgan fingerprint density at radius 2 is 2.05 bits per heavy atom. The molecule has 5 heteroatoms. The van der Waals surface area contributed by atoms with Crippen LogP contribution in [0.25, 0.3) is 0 Å². The first kappa shape index (κ1) is 15.5. The van der Waals surface area contributed by atoms with E-state index in [0.717, 1.165) is 5.56 Å². The second-order valence-electron chi connectivity index (χ2n) is 6.12. The molecule has 1 atom stereocenters. The Morgan fingerprint density at radius 1 is 1.38 bits per heavy atom. The number of hydrogen-bond donors (Lipinski definition) is 0. The molecule has 21 heavy (non-hydrogen) atoms. The molecule has 114 valence electrons. The van der Waals surface area contributed by atoms with Gasteiger partial charge in [0.15, 0.2) is 6.17 Å². The van der Waals surface area contributed by atoms with Gasteiger partial charge in [-0.15, -0.1) is 0 Å². The van der Waals surface area contributed by atoms with E-state index in [0.29, 0.717) is 12.3 Å². The number of likely N-dealkylation sites (tertiary alicyclic amines) is 1. The van der Waals surface area contributed by atoms with Crippen LogP contribution >= 0.6 is 0 Å². The monoisotopic (exact) mass is 292 g/mol. The Bertz CT molecular complexity index is 523. The summed E-state index contributed by atoms with van der Waals surface area (Å²) < 4.78 is 19.2. The quantitative estimate of drug-likeness (QED) is 0.840. The number of ether oxygens (including phenoxy) is 1. The second kappa shape index (κ2) is 6.24. The Morgan fingerprint density at radius 3 is 2.67 bits per heavy atom. The summed E-state index contributed by atoms with van der Waals surface area (Å²) in [4.78, 5) is 17.6. The van der Waals surface area contributed by atoms with Crippen LogP contribution in [0.15, 0.2) is 35.3 Å². The summed E-state index contributed by atoms with van der Waals surface area (Å²) >= 11 is 0. The zero-order valence-corrected chi connectivity index (χ0v) is 12.7. The topological polar surface area (TPSA) is 41.9 Å². The molecule has 1 saturated heterocycles. The third-order valence-electron chi connectivity index (χ3n) is 3.05. The molecule has 0 aromatic heterocycles. The molecule has 0 saturated carbocycles. The first-order chi connectivity index (χ1) is 9.85. The predicted molar refractivity (Wildman–Crippen MR) is 80.3 cm³/mol. The van der Waals surface area contributed by atoms with Crippen LogP contribution in [0.5, 0.6) is 0 Å². The van der Waals surface area contributed by atoms with E-state index in [-0.39, 0.29) is 13.1 Å². The van der Waals surface area contributed by atoms with Crippen LogP contribution in [0.3, 0.4) is 0 Å². The van der Waals surface area contributed by atoms with Gasteiger partial charge in [0.05, 0.1) is 25.3 Å². The van der Waals surface area contributed by atoms with Crippen LogP contribution in [0.2, 0.25) is 0 Å². The molecule has 1 aromatic carbocycles. The number of amides is 1. The molecule has 1 fully saturated rings. The highest BCUT2D eigenvalue weighted by Crippen LogP contribution is 2.16. The average molecular weight is 292 g/mol. The van der Waals surface area contributed by atoms with Crippen molar-refractivity contribution >= 4 is 11.8 Å². The Balaban J connectivity index is 1.96. The Labute approximate surface area is 124 Å². The second-order valence-corrected chi connectivity index (χ2v) is 6.12. The van der Waals surface area contributed by atoms with Crippen molar-refractivity contribution in [2.24, 2.45) is 4.99 Å². The fourth-order valence-electron chi connectivity index (χ4n) is 2.05. The van der Waals surface area contributed by atoms with E-state index in [1.807, 2.05) is 30.3 Å². The van der Waals surface area contributed by atoms with Crippen molar-refractivity contribution in [1.29, 1.82) is 0 Å². The molecule has 1 amide bonds. The van der Waals surface area contributed by atoms with Gasteiger partial charge in [-0.05, 0) is 26.3 Å². The van der Waals surface area contributed by atoms with Gasteiger partial charge in [-0.25, -0.2) is 9.18 Å². The van der Waals surface area contributed by atoms with E-state index in [1.54, 1.807) is 20.8 Å². The highest BCUT2D eigenvalue weighted by atomic mass is 19.1. The third kappa shape index (κ3) is 4.55. The number of hydrogen-bond acceptors (Lipinski definition) is 3. The maximum Gasteiger partial charge on any atom is 0.410 e. The van der Waals surface area contributed by atoms with Gasteiger partial charge in [0.1, 0.15) is 5.60 Å². The van der Waals surface area contributed by atoms with E-state index in [1.165, 1.54) is 4.90 Å². The molecule has 1 heterocycles. The summed E-state index contributed by atoms with van der Waals surface area (Å²) in [5.41, 5.74) is 0.852. The normalized spacial score (nSPS) is 20.9. The highest BCUT2D eigenvalue weighted by Gasteiger charge is 2.34. The molecule has 0 radical (unpaired) electrons. The Kier molecular flexibility index (Phi) is 4.60. The lowest BCUT2D eigenvalue weighted by atomic mass is 10.2. The van der Waals surface area contributed by atoms with Crippen molar-refractivity contribution in [3.8, 4) is 0 Å². The van der Waals surface area contributed by atoms with Crippen LogP contribution in [-0.4, -0.2) is 41.6 Å². The van der Waals surface area contributed by atoms with Crippen LogP contribution in [0.1, 0.15) is 26.3 Å². The molecule has 1 aliphatic heterocycles. The molecule has 1 unspecified atom stereocenters. The number of alkyl halides is 1. The van der Waals surface area contributed by atoms with Crippen LogP contribution in [0, 0.1) is 0 Å². The summed E-state index contributed by atoms with van der Waals surface area (Å²) in [6.45, 7) is 6.01. The molecule has 0 spiro atoms. The number of carbonyl (C=O) groups excluding carboxylic acids is 1. The summed E-state index contributed by atoms with van der Waals surface area (Å²) in [6, 6.07) is 9.65. The number of nitrogens with zero attached hydrogens (tertiary/aromatic N) is 2. The van der Waals surface area contributed by atoms with E-state index in [4.69, 9.17) is 4.74 Å². The van der Waals surface area contributed by atoms with Gasteiger partial charge in [0, 0.05) is 0 Å². The number of rotatable bonds is 2. The summed E-state index contributed by atoms with van der Waals surface area (Å²) in [6.07, 6.45) is -1.70. The van der Waals surface area contributed by atoms with E-state index in [9.17, 15) is 9.18 Å². The number of aliphatic imine (C=N–C) groups is 1. The highest BCUT2D eigenvalue weighted by molar-refractivity contribution is 5.95. The average Bonchev–Trinajstić information content (AvgIpc) is 2.77. The molecule has 4 nitrogen and oxygen atoms in total. The lowest BCUT2D eigenvalue weighted by Gasteiger charge is -2.23. The van der Waals surface area contributed by atoms with Crippen LogP contribution in [0.4, 0.5) is 9.18 Å². The van der Waals surface area contributed by atoms with Gasteiger partial charge in [-0.3, -0.25) is 9.89 Å². The zero-order chi connectivity index (χ0) is 15.5. The predicted octanol–water partition coefficient (Wildman–Crippen LogP) is 3.22. The fraction of sp³-hybridized carbons (Fsp3) is 0.500. The largest absolute Gasteiger partial charge is 0.444 e. The minimum absolute atomic E-state index is 0.0164. The van der Waals surface area contributed by atoms with Gasteiger partial charge in [0.2, 0.25) is 0 Å². The zero-order valence-electron chi connectivity index (χ0n) is 12.7. The molecular formula is C16H21FN2O2. The molecule has 0 bridgehead atoms. The van der Waals surface area contributed by atoms with Gasteiger partial charge in [-0.1, -0.05) is 30.3 Å². The smallest absolute Gasteiger partial charge is 0.410 e. The number of halogens is 1. The molecule has 1 aromatic rings. The minimum atomic E-state index is -1.21. The third-order valence-corrected chi connectivity index (χ3v) is 3.05. The van der Waals surface area contributed by atoms with Gasteiger partial charge in [-0.2, -0.15) is 0 Å². The van der Waals surface area contributed by atoms with Crippen molar-refractivity contribution in [2.75, 3.05) is 13.1 Å². The molecule has 2 rings (SSSR count). The molecule has 0 N–H and O–H groups in total. The van der Waals surface area contributed by atoms with Gasteiger partial charge >= 0.3 is 6.09 Å².